The minimum Gasteiger partial charge on any atom is -0.496 e. The second-order valence-electron chi connectivity index (χ2n) is 8.18. The quantitative estimate of drug-likeness (QED) is 0.488. The Hall–Kier alpha value is -2.41. The molecule has 0 bridgehead atoms. The molecule has 0 saturated carbocycles. The maximum atomic E-state index is 11.0. The van der Waals surface area contributed by atoms with Crippen molar-refractivity contribution in [3.05, 3.63) is 58.7 Å². The van der Waals surface area contributed by atoms with Gasteiger partial charge in [0.05, 0.1) is 17.9 Å². The van der Waals surface area contributed by atoms with Crippen molar-refractivity contribution in [2.75, 3.05) is 20.2 Å². The molecule has 0 radical (unpaired) electrons. The van der Waals surface area contributed by atoms with Gasteiger partial charge >= 0.3 is 5.97 Å². The van der Waals surface area contributed by atoms with Crippen molar-refractivity contribution in [2.24, 2.45) is 5.92 Å². The number of aliphatic carboxylic acids is 1. The van der Waals surface area contributed by atoms with Crippen LogP contribution in [0, 0.1) is 5.92 Å². The molecule has 0 aliphatic carbocycles. The fourth-order valence-corrected chi connectivity index (χ4v) is 5.10. The first-order valence-corrected chi connectivity index (χ1v) is 11.4. The summed E-state index contributed by atoms with van der Waals surface area (Å²) in [6, 6.07) is 12.3. The predicted octanol–water partition coefficient (Wildman–Crippen LogP) is 5.78. The number of carbonyl (C=O) groups is 1. The standard InChI is InChI=1S/C24H25ClN2O3S/c1-14(2)19-7-6-15(8-20(19)25)22-10-26-23(31-22)16-4-5-17(21(9-16)30-3)11-27-12-18(13-27)24(28)29/h4-10,14,18H,11-13H2,1-3H3,(H,28,29). The number of hydrogen-bond donors (Lipinski definition) is 1. The van der Waals surface area contributed by atoms with E-state index in [1.807, 2.05) is 30.5 Å². The van der Waals surface area contributed by atoms with E-state index >= 15 is 0 Å². The van der Waals surface area contributed by atoms with Gasteiger partial charge in [-0.05, 0) is 29.2 Å². The zero-order chi connectivity index (χ0) is 22.1. The first-order valence-electron chi connectivity index (χ1n) is 10.2. The molecule has 2 aromatic carbocycles. The van der Waals surface area contributed by atoms with E-state index < -0.39 is 5.97 Å². The Balaban J connectivity index is 1.52. The molecule has 31 heavy (non-hydrogen) atoms. The molecular weight excluding hydrogens is 432 g/mol. The van der Waals surface area contributed by atoms with E-state index in [4.69, 9.17) is 21.4 Å². The molecule has 1 N–H and O–H groups in total. The van der Waals surface area contributed by atoms with Gasteiger partial charge in [-0.25, -0.2) is 4.98 Å². The van der Waals surface area contributed by atoms with Gasteiger partial charge in [0.1, 0.15) is 10.8 Å². The highest BCUT2D eigenvalue weighted by Gasteiger charge is 2.32. The number of hydrogen-bond acceptors (Lipinski definition) is 5. The minimum atomic E-state index is -0.724. The number of thiazole rings is 1. The van der Waals surface area contributed by atoms with Crippen molar-refractivity contribution in [3.8, 4) is 26.8 Å². The van der Waals surface area contributed by atoms with E-state index in [1.54, 1.807) is 18.4 Å². The van der Waals surface area contributed by atoms with Crippen LogP contribution in [0.4, 0.5) is 0 Å². The normalized spacial score (nSPS) is 14.6. The van der Waals surface area contributed by atoms with E-state index in [9.17, 15) is 4.79 Å². The van der Waals surface area contributed by atoms with Crippen LogP contribution in [-0.2, 0) is 11.3 Å². The minimum absolute atomic E-state index is 0.262. The van der Waals surface area contributed by atoms with Crippen LogP contribution in [0.25, 0.3) is 21.0 Å². The number of carboxylic acids is 1. The molecule has 5 nitrogen and oxygen atoms in total. The van der Waals surface area contributed by atoms with Crippen molar-refractivity contribution < 1.29 is 14.6 Å². The number of ether oxygens (including phenoxy) is 1. The van der Waals surface area contributed by atoms with Gasteiger partial charge in [0.2, 0.25) is 0 Å². The Morgan fingerprint density at radius 1 is 1.26 bits per heavy atom. The van der Waals surface area contributed by atoms with Crippen molar-refractivity contribution in [1.82, 2.24) is 9.88 Å². The molecule has 0 amide bonds. The topological polar surface area (TPSA) is 62.7 Å². The molecule has 1 saturated heterocycles. The number of methoxy groups -OCH3 is 1. The van der Waals surface area contributed by atoms with Crippen LogP contribution in [-0.4, -0.2) is 41.2 Å². The summed E-state index contributed by atoms with van der Waals surface area (Å²) in [6.07, 6.45) is 1.88. The lowest BCUT2D eigenvalue weighted by atomic mass is 9.99. The summed E-state index contributed by atoms with van der Waals surface area (Å²) in [4.78, 5) is 18.8. The third kappa shape index (κ3) is 4.61. The summed E-state index contributed by atoms with van der Waals surface area (Å²) < 4.78 is 5.61. The van der Waals surface area contributed by atoms with Gasteiger partial charge in [-0.1, -0.05) is 49.7 Å². The van der Waals surface area contributed by atoms with Crippen molar-refractivity contribution >= 4 is 28.9 Å². The van der Waals surface area contributed by atoms with Gasteiger partial charge in [-0.3, -0.25) is 9.69 Å². The van der Waals surface area contributed by atoms with E-state index in [0.717, 1.165) is 42.9 Å². The highest BCUT2D eigenvalue weighted by Crippen LogP contribution is 2.37. The fraction of sp³-hybridized carbons (Fsp3) is 0.333. The molecule has 0 atom stereocenters. The van der Waals surface area contributed by atoms with E-state index in [2.05, 4.69) is 35.9 Å². The molecule has 1 aliphatic heterocycles. The number of likely N-dealkylation sites (tertiary alicyclic amines) is 1. The number of halogens is 1. The predicted molar refractivity (Wildman–Crippen MR) is 125 cm³/mol. The smallest absolute Gasteiger partial charge is 0.309 e. The first kappa shape index (κ1) is 21.8. The van der Waals surface area contributed by atoms with Crippen LogP contribution in [0.15, 0.2) is 42.6 Å². The Kier molecular flexibility index (Phi) is 6.32. The number of rotatable bonds is 7. The van der Waals surface area contributed by atoms with E-state index in [-0.39, 0.29) is 5.92 Å². The molecule has 2 heterocycles. The highest BCUT2D eigenvalue weighted by molar-refractivity contribution is 7.18. The largest absolute Gasteiger partial charge is 0.496 e. The average Bonchev–Trinajstić information content (AvgIpc) is 3.20. The number of benzene rings is 2. The molecule has 1 fully saturated rings. The third-order valence-electron chi connectivity index (χ3n) is 5.65. The lowest BCUT2D eigenvalue weighted by Gasteiger charge is -2.36. The van der Waals surface area contributed by atoms with Crippen molar-refractivity contribution in [2.45, 2.75) is 26.3 Å². The SMILES string of the molecule is COc1cc(-c2ncc(-c3ccc(C(C)C)c(Cl)c3)s2)ccc1CN1CC(C(=O)O)C1. The molecule has 162 valence electrons. The molecule has 0 unspecified atom stereocenters. The lowest BCUT2D eigenvalue weighted by Crippen LogP contribution is -2.49. The second kappa shape index (κ2) is 8.99. The average molecular weight is 457 g/mol. The van der Waals surface area contributed by atoms with Crippen molar-refractivity contribution in [3.63, 3.8) is 0 Å². The lowest BCUT2D eigenvalue weighted by molar-refractivity contribution is -0.147. The summed E-state index contributed by atoms with van der Waals surface area (Å²) >= 11 is 8.09. The van der Waals surface area contributed by atoms with Crippen molar-refractivity contribution in [1.29, 1.82) is 0 Å². The zero-order valence-corrected chi connectivity index (χ0v) is 19.3. The van der Waals surface area contributed by atoms with Crippen LogP contribution < -0.4 is 4.74 Å². The molecule has 7 heteroatoms. The number of carboxylic acid groups (broad SMARTS) is 1. The van der Waals surface area contributed by atoms with Gasteiger partial charge in [-0.2, -0.15) is 0 Å². The van der Waals surface area contributed by atoms with Gasteiger partial charge in [0.25, 0.3) is 0 Å². The van der Waals surface area contributed by atoms with Gasteiger partial charge in [0, 0.05) is 42.0 Å². The van der Waals surface area contributed by atoms with E-state index in [0.29, 0.717) is 25.6 Å². The van der Waals surface area contributed by atoms with Crippen LogP contribution in [0.5, 0.6) is 5.75 Å². The third-order valence-corrected chi connectivity index (χ3v) is 7.07. The summed E-state index contributed by atoms with van der Waals surface area (Å²) in [7, 11) is 1.66. The van der Waals surface area contributed by atoms with Crippen LogP contribution in [0.2, 0.25) is 5.02 Å². The summed E-state index contributed by atoms with van der Waals surface area (Å²) in [5, 5.41) is 10.8. The summed E-state index contributed by atoms with van der Waals surface area (Å²) in [6.45, 7) is 6.10. The van der Waals surface area contributed by atoms with Gasteiger partial charge in [-0.15, -0.1) is 11.3 Å². The number of nitrogens with zero attached hydrogens (tertiary/aromatic N) is 2. The highest BCUT2D eigenvalue weighted by atomic mass is 35.5. The molecule has 1 aliphatic rings. The Morgan fingerprint density at radius 2 is 2.00 bits per heavy atom. The summed E-state index contributed by atoms with van der Waals surface area (Å²) in [5.41, 5.74) is 4.25. The maximum Gasteiger partial charge on any atom is 0.309 e. The van der Waals surface area contributed by atoms with Crippen LogP contribution >= 0.6 is 22.9 Å². The van der Waals surface area contributed by atoms with Gasteiger partial charge < -0.3 is 9.84 Å². The monoisotopic (exact) mass is 456 g/mol. The van der Waals surface area contributed by atoms with E-state index in [1.165, 1.54) is 0 Å². The maximum absolute atomic E-state index is 11.0. The van der Waals surface area contributed by atoms with Crippen LogP contribution in [0.3, 0.4) is 0 Å². The van der Waals surface area contributed by atoms with Gasteiger partial charge in [0.15, 0.2) is 0 Å². The Bertz CT molecular complexity index is 1110. The van der Waals surface area contributed by atoms with Crippen LogP contribution in [0.1, 0.15) is 30.9 Å². The number of aromatic nitrogens is 1. The fourth-order valence-electron chi connectivity index (χ4n) is 3.79. The Morgan fingerprint density at radius 3 is 2.65 bits per heavy atom. The Labute approximate surface area is 191 Å². The molecule has 3 aromatic rings. The molecule has 0 spiro atoms. The summed E-state index contributed by atoms with van der Waals surface area (Å²) in [5.74, 6) is 0.188. The molecule has 1 aromatic heterocycles. The molecular formula is C24H25ClN2O3S. The zero-order valence-electron chi connectivity index (χ0n) is 17.8. The molecule has 4 rings (SSSR count). The second-order valence-corrected chi connectivity index (χ2v) is 9.61. The first-order chi connectivity index (χ1) is 14.9.